The summed E-state index contributed by atoms with van der Waals surface area (Å²) in [6, 6.07) is 16.2. The maximum atomic E-state index is 13.1. The van der Waals surface area contributed by atoms with Crippen molar-refractivity contribution in [3.8, 4) is 0 Å². The molecule has 0 aliphatic carbocycles. The van der Waals surface area contributed by atoms with Crippen LogP contribution in [-0.4, -0.2) is 17.9 Å². The summed E-state index contributed by atoms with van der Waals surface area (Å²) in [6.45, 7) is 9.60. The van der Waals surface area contributed by atoms with Gasteiger partial charge in [0.25, 0.3) is 5.91 Å². The Balaban J connectivity index is 1.80. The average molecular weight is 445 g/mol. The summed E-state index contributed by atoms with van der Waals surface area (Å²) in [4.78, 5) is 30.9. The van der Waals surface area contributed by atoms with Gasteiger partial charge in [-0.15, -0.1) is 0 Å². The first kappa shape index (κ1) is 22.4. The number of hydrogen-bond acceptors (Lipinski definition) is 5. The molecule has 169 valence electrons. The summed E-state index contributed by atoms with van der Waals surface area (Å²) in [7, 11) is 0. The van der Waals surface area contributed by atoms with Crippen LogP contribution in [0.5, 0.6) is 0 Å². The molecule has 0 bridgehead atoms. The van der Waals surface area contributed by atoms with Crippen LogP contribution in [0, 0.1) is 6.92 Å². The standard InChI is InChI=1S/C26H26N3O4/c1-5-18-19-8-6-7-9-20(19)22(29(15-30)33-26(2,3)4)14-21(18)28-25(31)24-13-16-12-17(27)10-11-23(16)32-24/h6-15H,1,5,27H2,2-4H3,(H,28,31). The lowest BCUT2D eigenvalue weighted by molar-refractivity contribution is -0.120. The Kier molecular flexibility index (Phi) is 5.82. The first-order valence-electron chi connectivity index (χ1n) is 10.6. The van der Waals surface area contributed by atoms with Gasteiger partial charge in [0.2, 0.25) is 6.41 Å². The van der Waals surface area contributed by atoms with Crippen molar-refractivity contribution in [2.24, 2.45) is 0 Å². The lowest BCUT2D eigenvalue weighted by Gasteiger charge is -2.28. The normalized spacial score (nSPS) is 11.6. The molecular formula is C26H26N3O4. The molecule has 4 aromatic rings. The minimum absolute atomic E-state index is 0.151. The third-order valence-electron chi connectivity index (χ3n) is 5.10. The molecule has 0 atom stereocenters. The summed E-state index contributed by atoms with van der Waals surface area (Å²) in [5, 5.41) is 6.53. The number of amides is 2. The van der Waals surface area contributed by atoms with Gasteiger partial charge >= 0.3 is 0 Å². The van der Waals surface area contributed by atoms with Crippen LogP contribution in [0.1, 0.15) is 36.9 Å². The third kappa shape index (κ3) is 4.54. The zero-order valence-corrected chi connectivity index (χ0v) is 18.8. The second-order valence-electron chi connectivity index (χ2n) is 8.71. The number of anilines is 3. The number of hydroxylamine groups is 1. The molecule has 7 nitrogen and oxygen atoms in total. The van der Waals surface area contributed by atoms with E-state index >= 15 is 0 Å². The number of hydrogen-bond donors (Lipinski definition) is 2. The fraction of sp³-hybridized carbons (Fsp3) is 0.192. The highest BCUT2D eigenvalue weighted by atomic mass is 16.7. The summed E-state index contributed by atoms with van der Waals surface area (Å²) >= 11 is 0. The molecule has 1 aromatic heterocycles. The number of carbonyl (C=O) groups is 2. The molecule has 2 amide bonds. The van der Waals surface area contributed by atoms with Crippen LogP contribution in [0.2, 0.25) is 0 Å². The predicted octanol–water partition coefficient (Wildman–Crippen LogP) is 5.49. The number of rotatable bonds is 6. The number of benzene rings is 3. The zero-order valence-electron chi connectivity index (χ0n) is 18.8. The number of nitrogens with zero attached hydrogens (tertiary/aromatic N) is 1. The van der Waals surface area contributed by atoms with E-state index in [0.717, 1.165) is 21.7 Å². The Labute approximate surface area is 192 Å². The molecule has 1 radical (unpaired) electrons. The summed E-state index contributed by atoms with van der Waals surface area (Å²) in [6.07, 6.45) is 1.04. The van der Waals surface area contributed by atoms with Gasteiger partial charge in [0.05, 0.1) is 11.3 Å². The second-order valence-corrected chi connectivity index (χ2v) is 8.71. The van der Waals surface area contributed by atoms with Crippen LogP contribution in [0.4, 0.5) is 17.1 Å². The van der Waals surface area contributed by atoms with E-state index in [-0.39, 0.29) is 5.76 Å². The lowest BCUT2D eigenvalue weighted by Crippen LogP contribution is -2.33. The smallest absolute Gasteiger partial charge is 0.291 e. The van der Waals surface area contributed by atoms with Gasteiger partial charge in [0.1, 0.15) is 5.58 Å². The van der Waals surface area contributed by atoms with Gasteiger partial charge in [-0.2, -0.15) is 5.06 Å². The minimum atomic E-state index is -0.605. The van der Waals surface area contributed by atoms with Gasteiger partial charge in [0.15, 0.2) is 5.76 Å². The van der Waals surface area contributed by atoms with Crippen molar-refractivity contribution < 1.29 is 18.8 Å². The second kappa shape index (κ2) is 8.60. The van der Waals surface area contributed by atoms with E-state index in [1.807, 2.05) is 45.0 Å². The van der Waals surface area contributed by atoms with Crippen LogP contribution >= 0.6 is 0 Å². The van der Waals surface area contributed by atoms with Crippen LogP contribution in [-0.2, 0) is 16.1 Å². The molecule has 33 heavy (non-hydrogen) atoms. The van der Waals surface area contributed by atoms with Gasteiger partial charge in [-0.05, 0) is 75.4 Å². The number of furan rings is 1. The van der Waals surface area contributed by atoms with E-state index in [1.165, 1.54) is 5.06 Å². The zero-order chi connectivity index (χ0) is 23.8. The number of carbonyl (C=O) groups excluding carboxylic acids is 2. The Morgan fingerprint density at radius 1 is 1.15 bits per heavy atom. The molecule has 3 N–H and O–H groups in total. The fourth-order valence-corrected chi connectivity index (χ4v) is 3.76. The van der Waals surface area contributed by atoms with Crippen LogP contribution < -0.4 is 16.1 Å². The van der Waals surface area contributed by atoms with Gasteiger partial charge in [-0.25, -0.2) is 0 Å². The molecule has 0 unspecified atom stereocenters. The number of nitrogens with two attached hydrogens (primary N) is 1. The topological polar surface area (TPSA) is 97.8 Å². The quantitative estimate of drug-likeness (QED) is 0.233. The molecule has 0 saturated heterocycles. The number of fused-ring (bicyclic) bond motifs is 2. The maximum absolute atomic E-state index is 13.1. The van der Waals surface area contributed by atoms with E-state index in [0.29, 0.717) is 35.5 Å². The van der Waals surface area contributed by atoms with E-state index in [1.54, 1.807) is 30.3 Å². The Morgan fingerprint density at radius 3 is 2.55 bits per heavy atom. The molecule has 1 heterocycles. The van der Waals surface area contributed by atoms with E-state index in [9.17, 15) is 9.59 Å². The molecule has 0 aliphatic heterocycles. The monoisotopic (exact) mass is 444 g/mol. The SMILES string of the molecule is [CH2]Cc1c(NC(=O)c2cc3cc(N)ccc3o2)cc(N(C=O)OC(C)(C)C)c2ccccc12. The van der Waals surface area contributed by atoms with Crippen molar-refractivity contribution in [1.82, 2.24) is 0 Å². The van der Waals surface area contributed by atoms with Gasteiger partial charge < -0.3 is 15.5 Å². The molecule has 0 spiro atoms. The van der Waals surface area contributed by atoms with E-state index in [4.69, 9.17) is 15.0 Å². The summed E-state index contributed by atoms with van der Waals surface area (Å²) in [5.41, 5.74) is 8.25. The van der Waals surface area contributed by atoms with E-state index in [2.05, 4.69) is 12.2 Å². The first-order valence-corrected chi connectivity index (χ1v) is 10.6. The molecular weight excluding hydrogens is 418 g/mol. The molecule has 0 aliphatic rings. The fourth-order valence-electron chi connectivity index (χ4n) is 3.76. The highest BCUT2D eigenvalue weighted by Crippen LogP contribution is 2.36. The van der Waals surface area contributed by atoms with Gasteiger partial charge in [-0.1, -0.05) is 24.3 Å². The molecule has 0 fully saturated rings. The minimum Gasteiger partial charge on any atom is -0.451 e. The van der Waals surface area contributed by atoms with Crippen LogP contribution in [0.15, 0.2) is 59.0 Å². The van der Waals surface area contributed by atoms with Crippen molar-refractivity contribution in [2.75, 3.05) is 16.1 Å². The molecule has 4 rings (SSSR count). The summed E-state index contributed by atoms with van der Waals surface area (Å²) in [5.74, 6) is -0.270. The van der Waals surface area contributed by atoms with Gasteiger partial charge in [-0.3, -0.25) is 14.4 Å². The summed E-state index contributed by atoms with van der Waals surface area (Å²) < 4.78 is 5.71. The van der Waals surface area contributed by atoms with E-state index < -0.39 is 11.5 Å². The Bertz CT molecular complexity index is 1350. The van der Waals surface area contributed by atoms with Gasteiger partial charge in [0, 0.05) is 22.1 Å². The Hall–Kier alpha value is -3.84. The van der Waals surface area contributed by atoms with Crippen LogP contribution in [0.25, 0.3) is 21.7 Å². The maximum Gasteiger partial charge on any atom is 0.291 e. The first-order chi connectivity index (χ1) is 15.7. The number of nitrogen functional groups attached to an aromatic ring is 1. The molecule has 0 saturated carbocycles. The van der Waals surface area contributed by atoms with Crippen molar-refractivity contribution >= 4 is 51.1 Å². The highest BCUT2D eigenvalue weighted by molar-refractivity contribution is 6.09. The predicted molar refractivity (Wildman–Crippen MR) is 131 cm³/mol. The number of nitrogens with one attached hydrogen (secondary N) is 1. The lowest BCUT2D eigenvalue weighted by atomic mass is 9.98. The largest absolute Gasteiger partial charge is 0.451 e. The molecule has 7 heteroatoms. The van der Waals surface area contributed by atoms with Crippen molar-refractivity contribution in [2.45, 2.75) is 32.8 Å². The highest BCUT2D eigenvalue weighted by Gasteiger charge is 2.23. The average Bonchev–Trinajstić information content (AvgIpc) is 3.19. The van der Waals surface area contributed by atoms with Crippen LogP contribution in [0.3, 0.4) is 0 Å². The van der Waals surface area contributed by atoms with Crippen molar-refractivity contribution in [3.63, 3.8) is 0 Å². The van der Waals surface area contributed by atoms with Crippen molar-refractivity contribution in [1.29, 1.82) is 0 Å². The Morgan fingerprint density at radius 2 is 1.88 bits per heavy atom. The molecule has 3 aromatic carbocycles. The third-order valence-corrected chi connectivity index (χ3v) is 5.10. The van der Waals surface area contributed by atoms with Crippen molar-refractivity contribution in [3.05, 3.63) is 72.8 Å².